The maximum atomic E-state index is 11.5. The van der Waals surface area contributed by atoms with Crippen molar-refractivity contribution in [3.63, 3.8) is 0 Å². The Kier molecular flexibility index (Phi) is 4.44. The van der Waals surface area contributed by atoms with E-state index in [1.54, 1.807) is 12.3 Å². The van der Waals surface area contributed by atoms with Crippen molar-refractivity contribution in [2.24, 2.45) is 0 Å². The first kappa shape index (κ1) is 12.2. The fraction of sp³-hybridized carbons (Fsp3) is 0.364. The zero-order chi connectivity index (χ0) is 12.0. The van der Waals surface area contributed by atoms with Crippen LogP contribution in [0.3, 0.4) is 0 Å². The van der Waals surface area contributed by atoms with Crippen LogP contribution in [0.2, 0.25) is 0 Å². The molecule has 0 radical (unpaired) electrons. The number of esters is 1. The van der Waals surface area contributed by atoms with Crippen LogP contribution in [0.25, 0.3) is 0 Å². The second kappa shape index (κ2) is 5.85. The van der Waals surface area contributed by atoms with Crippen LogP contribution in [-0.2, 0) is 9.53 Å². The van der Waals surface area contributed by atoms with Crippen LogP contribution in [0.1, 0.15) is 22.5 Å². The molecule has 1 aromatic rings. The maximum absolute atomic E-state index is 11.5. The predicted molar refractivity (Wildman–Crippen MR) is 57.9 cm³/mol. The fourth-order valence-corrected chi connectivity index (χ4v) is 1.07. The third-order valence-corrected chi connectivity index (χ3v) is 1.99. The minimum atomic E-state index is -0.350. The molecule has 1 amide bonds. The molecule has 0 saturated carbocycles. The monoisotopic (exact) mass is 222 g/mol. The van der Waals surface area contributed by atoms with E-state index in [0.29, 0.717) is 5.69 Å². The number of ether oxygens (including phenoxy) is 1. The zero-order valence-electron chi connectivity index (χ0n) is 9.32. The third kappa shape index (κ3) is 3.68. The number of nitrogens with one attached hydrogen (secondary N) is 1. The van der Waals surface area contributed by atoms with Crippen molar-refractivity contribution in [1.29, 1.82) is 0 Å². The van der Waals surface area contributed by atoms with E-state index in [-0.39, 0.29) is 24.8 Å². The second-order valence-corrected chi connectivity index (χ2v) is 3.30. The molecule has 0 atom stereocenters. The van der Waals surface area contributed by atoms with Crippen LogP contribution in [0.5, 0.6) is 0 Å². The number of hydrogen-bond acceptors (Lipinski definition) is 4. The number of aromatic nitrogens is 1. The molecule has 86 valence electrons. The molecule has 0 spiro atoms. The maximum Gasteiger partial charge on any atom is 0.307 e. The molecule has 1 heterocycles. The molecule has 0 aliphatic rings. The standard InChI is InChI=1S/C11H14N2O3/c1-8-3-4-9(13-7-8)11(15)12-6-5-10(14)16-2/h3-4,7H,5-6H2,1-2H3,(H,12,15). The lowest BCUT2D eigenvalue weighted by Crippen LogP contribution is -2.27. The molecule has 5 heteroatoms. The van der Waals surface area contributed by atoms with E-state index in [4.69, 9.17) is 0 Å². The average molecular weight is 222 g/mol. The highest BCUT2D eigenvalue weighted by atomic mass is 16.5. The van der Waals surface area contributed by atoms with Gasteiger partial charge in [-0.1, -0.05) is 6.07 Å². The summed E-state index contributed by atoms with van der Waals surface area (Å²) in [4.78, 5) is 26.3. The van der Waals surface area contributed by atoms with Crippen molar-refractivity contribution < 1.29 is 14.3 Å². The lowest BCUT2D eigenvalue weighted by Gasteiger charge is -2.03. The summed E-state index contributed by atoms with van der Waals surface area (Å²) in [5.74, 6) is -0.638. The zero-order valence-corrected chi connectivity index (χ0v) is 9.32. The first-order valence-electron chi connectivity index (χ1n) is 4.91. The topological polar surface area (TPSA) is 68.3 Å². The summed E-state index contributed by atoms with van der Waals surface area (Å²) in [6.07, 6.45) is 1.78. The number of nitrogens with zero attached hydrogens (tertiary/aromatic N) is 1. The van der Waals surface area contributed by atoms with Crippen LogP contribution in [0.15, 0.2) is 18.3 Å². The molecule has 0 aliphatic carbocycles. The lowest BCUT2D eigenvalue weighted by molar-refractivity contribution is -0.140. The third-order valence-electron chi connectivity index (χ3n) is 1.99. The van der Waals surface area contributed by atoms with E-state index in [9.17, 15) is 9.59 Å². The van der Waals surface area contributed by atoms with Gasteiger partial charge in [0.1, 0.15) is 5.69 Å². The van der Waals surface area contributed by atoms with Crippen LogP contribution >= 0.6 is 0 Å². The number of methoxy groups -OCH3 is 1. The van der Waals surface area contributed by atoms with E-state index in [2.05, 4.69) is 15.0 Å². The van der Waals surface area contributed by atoms with Crippen molar-refractivity contribution in [3.8, 4) is 0 Å². The Labute approximate surface area is 93.8 Å². The number of aryl methyl sites for hydroxylation is 1. The lowest BCUT2D eigenvalue weighted by atomic mass is 10.2. The second-order valence-electron chi connectivity index (χ2n) is 3.30. The molecule has 0 unspecified atom stereocenters. The highest BCUT2D eigenvalue weighted by Gasteiger charge is 2.07. The van der Waals surface area contributed by atoms with E-state index >= 15 is 0 Å². The molecule has 16 heavy (non-hydrogen) atoms. The Hall–Kier alpha value is -1.91. The summed E-state index contributed by atoms with van der Waals surface area (Å²) in [5.41, 5.74) is 1.33. The normalized spacial score (nSPS) is 9.62. The van der Waals surface area contributed by atoms with Gasteiger partial charge in [-0.2, -0.15) is 0 Å². The largest absolute Gasteiger partial charge is 0.469 e. The van der Waals surface area contributed by atoms with Gasteiger partial charge in [0.15, 0.2) is 0 Å². The Balaban J connectivity index is 2.41. The highest BCUT2D eigenvalue weighted by Crippen LogP contribution is 1.98. The van der Waals surface area contributed by atoms with E-state index in [0.717, 1.165) is 5.56 Å². The van der Waals surface area contributed by atoms with E-state index in [1.807, 2.05) is 13.0 Å². The summed E-state index contributed by atoms with van der Waals surface area (Å²) >= 11 is 0. The Bertz CT molecular complexity index is 373. The van der Waals surface area contributed by atoms with Crippen molar-refractivity contribution >= 4 is 11.9 Å². The smallest absolute Gasteiger partial charge is 0.307 e. The molecule has 0 fully saturated rings. The number of amides is 1. The summed E-state index contributed by atoms with van der Waals surface area (Å²) in [6, 6.07) is 3.45. The van der Waals surface area contributed by atoms with Crippen molar-refractivity contribution in [2.45, 2.75) is 13.3 Å². The minimum absolute atomic E-state index is 0.161. The number of rotatable bonds is 4. The van der Waals surface area contributed by atoms with Gasteiger partial charge in [-0.15, -0.1) is 0 Å². The summed E-state index contributed by atoms with van der Waals surface area (Å²) < 4.78 is 4.45. The molecule has 0 bridgehead atoms. The van der Waals surface area contributed by atoms with Crippen LogP contribution in [-0.4, -0.2) is 30.5 Å². The number of carbonyl (C=O) groups is 2. The molecule has 1 rings (SSSR count). The summed E-state index contributed by atoms with van der Waals surface area (Å²) in [7, 11) is 1.31. The summed E-state index contributed by atoms with van der Waals surface area (Å²) in [5, 5.41) is 2.58. The number of carbonyl (C=O) groups excluding carboxylic acids is 2. The minimum Gasteiger partial charge on any atom is -0.469 e. The molecule has 0 aromatic carbocycles. The van der Waals surface area contributed by atoms with Crippen molar-refractivity contribution in [2.75, 3.05) is 13.7 Å². The molecule has 1 aromatic heterocycles. The van der Waals surface area contributed by atoms with Gasteiger partial charge in [0, 0.05) is 12.7 Å². The van der Waals surface area contributed by atoms with Gasteiger partial charge in [-0.05, 0) is 18.6 Å². The SMILES string of the molecule is COC(=O)CCNC(=O)c1ccc(C)cn1. The molecular formula is C11H14N2O3. The molecule has 1 N–H and O–H groups in total. The van der Waals surface area contributed by atoms with Gasteiger partial charge in [0.25, 0.3) is 5.91 Å². The van der Waals surface area contributed by atoms with Gasteiger partial charge in [-0.3, -0.25) is 14.6 Å². The summed E-state index contributed by atoms with van der Waals surface area (Å²) in [6.45, 7) is 2.15. The van der Waals surface area contributed by atoms with Crippen molar-refractivity contribution in [3.05, 3.63) is 29.6 Å². The fourth-order valence-electron chi connectivity index (χ4n) is 1.07. The number of pyridine rings is 1. The molecule has 5 nitrogen and oxygen atoms in total. The Morgan fingerprint density at radius 3 is 2.75 bits per heavy atom. The average Bonchev–Trinajstić information content (AvgIpc) is 2.29. The predicted octanol–water partition coefficient (Wildman–Crippen LogP) is 0.683. The Morgan fingerprint density at radius 1 is 1.44 bits per heavy atom. The van der Waals surface area contributed by atoms with E-state index < -0.39 is 0 Å². The van der Waals surface area contributed by atoms with Crippen LogP contribution < -0.4 is 5.32 Å². The first-order valence-corrected chi connectivity index (χ1v) is 4.91. The first-order chi connectivity index (χ1) is 7.63. The molecular weight excluding hydrogens is 208 g/mol. The van der Waals surface area contributed by atoms with Crippen molar-refractivity contribution in [1.82, 2.24) is 10.3 Å². The highest BCUT2D eigenvalue weighted by molar-refractivity contribution is 5.92. The van der Waals surface area contributed by atoms with Gasteiger partial charge in [0.2, 0.25) is 0 Å². The van der Waals surface area contributed by atoms with Gasteiger partial charge in [-0.25, -0.2) is 0 Å². The van der Waals surface area contributed by atoms with Gasteiger partial charge in [0.05, 0.1) is 13.5 Å². The molecule has 0 saturated heterocycles. The van der Waals surface area contributed by atoms with Gasteiger partial charge >= 0.3 is 5.97 Å². The Morgan fingerprint density at radius 2 is 2.19 bits per heavy atom. The molecule has 0 aliphatic heterocycles. The number of hydrogen-bond donors (Lipinski definition) is 1. The quantitative estimate of drug-likeness (QED) is 0.761. The van der Waals surface area contributed by atoms with Gasteiger partial charge < -0.3 is 10.1 Å². The van der Waals surface area contributed by atoms with Crippen LogP contribution in [0, 0.1) is 6.92 Å². The van der Waals surface area contributed by atoms with E-state index in [1.165, 1.54) is 7.11 Å². The van der Waals surface area contributed by atoms with Crippen LogP contribution in [0.4, 0.5) is 0 Å².